The molecule has 1 aliphatic heterocycles. The summed E-state index contributed by atoms with van der Waals surface area (Å²) in [6.07, 6.45) is 0.935. The fraction of sp³-hybridized carbons (Fsp3) is 0.267. The summed E-state index contributed by atoms with van der Waals surface area (Å²) in [5, 5.41) is 11.7. The van der Waals surface area contributed by atoms with Gasteiger partial charge in [0.25, 0.3) is 0 Å². The summed E-state index contributed by atoms with van der Waals surface area (Å²) in [4.78, 5) is 16.2. The Balaban J connectivity index is 1.29. The first-order valence-corrected chi connectivity index (χ1v) is 14.5. The second-order valence-corrected chi connectivity index (χ2v) is 12.0. The second kappa shape index (κ2) is 11.5. The Bertz CT molecular complexity index is 1610. The van der Waals surface area contributed by atoms with Crippen LogP contribution in [0.15, 0.2) is 77.2 Å². The summed E-state index contributed by atoms with van der Waals surface area (Å²) in [7, 11) is -3.98. The number of carbonyl (C=O) groups is 1. The fourth-order valence-corrected chi connectivity index (χ4v) is 6.34. The largest absolute Gasteiger partial charge is 0.487 e. The van der Waals surface area contributed by atoms with Crippen LogP contribution in [-0.4, -0.2) is 40.7 Å². The summed E-state index contributed by atoms with van der Waals surface area (Å²) in [5.41, 5.74) is 5.07. The number of aromatic nitrogens is 1. The van der Waals surface area contributed by atoms with E-state index in [2.05, 4.69) is 10.3 Å². The number of carboxylic acids is 1. The SMILES string of the molecule is Cc1ccc(-c2nc(COc3cccc(CN(CC(=O)O)S(=O)(=O)C4CCc5ccccc5N4)c3)c(C)o2)cc1. The number of aryl methyl sites for hydroxylation is 3. The molecular weight excluding hydrogens is 530 g/mol. The van der Waals surface area contributed by atoms with Gasteiger partial charge in [0.05, 0.1) is 0 Å². The van der Waals surface area contributed by atoms with Crippen molar-refractivity contribution in [2.75, 3.05) is 11.9 Å². The van der Waals surface area contributed by atoms with Gasteiger partial charge in [-0.05, 0) is 68.1 Å². The molecule has 1 aliphatic rings. The lowest BCUT2D eigenvalue weighted by Gasteiger charge is -2.31. The Morgan fingerprint density at radius 3 is 2.65 bits per heavy atom. The third-order valence-electron chi connectivity index (χ3n) is 6.86. The van der Waals surface area contributed by atoms with Crippen LogP contribution in [-0.2, 0) is 34.4 Å². The van der Waals surface area contributed by atoms with E-state index in [4.69, 9.17) is 9.15 Å². The third-order valence-corrected chi connectivity index (χ3v) is 8.92. The van der Waals surface area contributed by atoms with Crippen molar-refractivity contribution in [1.29, 1.82) is 0 Å². The van der Waals surface area contributed by atoms with Gasteiger partial charge in [0.1, 0.15) is 35.7 Å². The van der Waals surface area contributed by atoms with Crippen LogP contribution in [0.1, 0.15) is 34.6 Å². The Morgan fingerprint density at radius 1 is 1.10 bits per heavy atom. The zero-order chi connectivity index (χ0) is 28.3. The van der Waals surface area contributed by atoms with Crippen LogP contribution in [0.3, 0.4) is 0 Å². The molecule has 9 nitrogen and oxygen atoms in total. The van der Waals surface area contributed by atoms with Gasteiger partial charge in [-0.3, -0.25) is 4.79 Å². The standard InChI is InChI=1S/C30H31N3O6S/c1-20-10-12-24(13-11-20)30-32-27(21(2)39-30)19-38-25-8-5-6-22(16-25)17-33(18-29(34)35)40(36,37)28-15-14-23-7-3-4-9-26(23)31-28/h3-13,16,28,31H,14-15,17-19H2,1-2H3,(H,34,35). The van der Waals surface area contributed by atoms with E-state index in [1.165, 1.54) is 0 Å². The average Bonchev–Trinajstić information content (AvgIpc) is 3.31. The van der Waals surface area contributed by atoms with Crippen molar-refractivity contribution in [3.63, 3.8) is 0 Å². The van der Waals surface area contributed by atoms with Crippen LogP contribution in [0, 0.1) is 13.8 Å². The Morgan fingerprint density at radius 2 is 1.88 bits per heavy atom. The van der Waals surface area contributed by atoms with Gasteiger partial charge in [0, 0.05) is 17.8 Å². The van der Waals surface area contributed by atoms with Crippen LogP contribution in [0.4, 0.5) is 5.69 Å². The van der Waals surface area contributed by atoms with Crippen molar-refractivity contribution in [2.24, 2.45) is 0 Å². The zero-order valence-corrected chi connectivity index (χ0v) is 23.1. The highest BCUT2D eigenvalue weighted by Crippen LogP contribution is 2.29. The van der Waals surface area contributed by atoms with Crippen molar-refractivity contribution in [1.82, 2.24) is 9.29 Å². The third kappa shape index (κ3) is 6.19. The van der Waals surface area contributed by atoms with E-state index in [0.717, 1.165) is 26.7 Å². The van der Waals surface area contributed by atoms with E-state index in [-0.39, 0.29) is 13.2 Å². The van der Waals surface area contributed by atoms with Crippen molar-refractivity contribution < 1.29 is 27.5 Å². The molecule has 40 heavy (non-hydrogen) atoms. The molecule has 0 saturated carbocycles. The topological polar surface area (TPSA) is 122 Å². The number of nitrogens with one attached hydrogen (secondary N) is 1. The minimum Gasteiger partial charge on any atom is -0.487 e. The molecule has 3 aromatic carbocycles. The van der Waals surface area contributed by atoms with E-state index in [0.29, 0.717) is 41.5 Å². The number of para-hydroxylation sites is 1. The highest BCUT2D eigenvalue weighted by molar-refractivity contribution is 7.89. The number of hydrogen-bond donors (Lipinski definition) is 2. The highest BCUT2D eigenvalue weighted by Gasteiger charge is 2.35. The Kier molecular flexibility index (Phi) is 7.90. The molecule has 0 saturated heterocycles. The first-order valence-electron chi connectivity index (χ1n) is 13.0. The molecule has 0 fully saturated rings. The molecule has 1 unspecified atom stereocenters. The molecule has 208 valence electrons. The van der Waals surface area contributed by atoms with Gasteiger partial charge in [-0.2, -0.15) is 4.31 Å². The van der Waals surface area contributed by atoms with E-state index < -0.39 is 27.9 Å². The molecule has 5 rings (SSSR count). The predicted molar refractivity (Wildman–Crippen MR) is 151 cm³/mol. The Labute approximate surface area is 233 Å². The van der Waals surface area contributed by atoms with Crippen LogP contribution in [0.5, 0.6) is 5.75 Å². The van der Waals surface area contributed by atoms with Crippen molar-refractivity contribution in [3.05, 3.63) is 101 Å². The normalized spacial score (nSPS) is 14.9. The molecule has 0 radical (unpaired) electrons. The predicted octanol–water partition coefficient (Wildman–Crippen LogP) is 5.14. The molecule has 1 atom stereocenters. The number of oxazole rings is 1. The number of fused-ring (bicyclic) bond motifs is 1. The first-order chi connectivity index (χ1) is 19.2. The van der Waals surface area contributed by atoms with E-state index in [9.17, 15) is 18.3 Å². The minimum absolute atomic E-state index is 0.105. The molecule has 2 heterocycles. The van der Waals surface area contributed by atoms with Crippen molar-refractivity contribution in [2.45, 2.75) is 45.2 Å². The van der Waals surface area contributed by atoms with Gasteiger partial charge < -0.3 is 19.6 Å². The molecule has 0 spiro atoms. The quantitative estimate of drug-likeness (QED) is 0.273. The number of ether oxygens (including phenoxy) is 1. The number of carboxylic acid groups (broad SMARTS) is 1. The van der Waals surface area contributed by atoms with Gasteiger partial charge in [-0.25, -0.2) is 13.4 Å². The van der Waals surface area contributed by atoms with Gasteiger partial charge >= 0.3 is 5.97 Å². The number of aliphatic carboxylic acids is 1. The summed E-state index contributed by atoms with van der Waals surface area (Å²) >= 11 is 0. The maximum absolute atomic E-state index is 13.6. The molecular formula is C30H31N3O6S. The summed E-state index contributed by atoms with van der Waals surface area (Å²) in [6.45, 7) is 3.25. The number of rotatable bonds is 10. The minimum atomic E-state index is -3.98. The number of anilines is 1. The van der Waals surface area contributed by atoms with Crippen LogP contribution in [0.25, 0.3) is 11.5 Å². The summed E-state index contributed by atoms with van der Waals surface area (Å²) in [6, 6.07) is 22.4. The van der Waals surface area contributed by atoms with Crippen LogP contribution >= 0.6 is 0 Å². The molecule has 0 bridgehead atoms. The van der Waals surface area contributed by atoms with Gasteiger partial charge in [-0.15, -0.1) is 0 Å². The lowest BCUT2D eigenvalue weighted by atomic mass is 10.0. The number of sulfonamides is 1. The molecule has 2 N–H and O–H groups in total. The molecule has 0 amide bonds. The summed E-state index contributed by atoms with van der Waals surface area (Å²) < 4.78 is 39.9. The maximum Gasteiger partial charge on any atom is 0.318 e. The molecule has 10 heteroatoms. The molecule has 1 aromatic heterocycles. The van der Waals surface area contributed by atoms with Gasteiger partial charge in [0.2, 0.25) is 15.9 Å². The number of nitrogens with zero attached hydrogens (tertiary/aromatic N) is 2. The fourth-order valence-electron chi connectivity index (χ4n) is 4.67. The monoisotopic (exact) mass is 561 g/mol. The van der Waals surface area contributed by atoms with Crippen LogP contribution in [0.2, 0.25) is 0 Å². The second-order valence-electron chi connectivity index (χ2n) is 9.86. The maximum atomic E-state index is 13.6. The zero-order valence-electron chi connectivity index (χ0n) is 22.3. The van der Waals surface area contributed by atoms with Gasteiger partial charge in [-0.1, -0.05) is 48.0 Å². The molecule has 4 aromatic rings. The number of benzene rings is 3. The van der Waals surface area contributed by atoms with Gasteiger partial charge in [0.15, 0.2) is 0 Å². The van der Waals surface area contributed by atoms with Crippen LogP contribution < -0.4 is 10.1 Å². The highest BCUT2D eigenvalue weighted by atomic mass is 32.2. The first kappa shape index (κ1) is 27.4. The number of hydrogen-bond acceptors (Lipinski definition) is 7. The van der Waals surface area contributed by atoms with E-state index >= 15 is 0 Å². The van der Waals surface area contributed by atoms with Crippen molar-refractivity contribution >= 4 is 21.7 Å². The summed E-state index contributed by atoms with van der Waals surface area (Å²) in [5.74, 6) is 0.442. The lowest BCUT2D eigenvalue weighted by Crippen LogP contribution is -2.45. The average molecular weight is 562 g/mol. The smallest absolute Gasteiger partial charge is 0.318 e. The molecule has 0 aliphatic carbocycles. The lowest BCUT2D eigenvalue weighted by molar-refractivity contribution is -0.137. The van der Waals surface area contributed by atoms with E-state index in [1.54, 1.807) is 24.3 Å². The van der Waals surface area contributed by atoms with E-state index in [1.807, 2.05) is 62.4 Å². The Hall–Kier alpha value is -4.15. The van der Waals surface area contributed by atoms with Crippen molar-refractivity contribution in [3.8, 4) is 17.2 Å².